The van der Waals surface area contributed by atoms with Crippen LogP contribution in [0.4, 0.5) is 0 Å². The van der Waals surface area contributed by atoms with E-state index in [0.29, 0.717) is 22.6 Å². The van der Waals surface area contributed by atoms with Crippen molar-refractivity contribution in [2.75, 3.05) is 14.2 Å². The molecule has 0 heterocycles. The summed E-state index contributed by atoms with van der Waals surface area (Å²) < 4.78 is 35.3. The van der Waals surface area contributed by atoms with Crippen LogP contribution in [-0.2, 0) is 20.5 Å². The first kappa shape index (κ1) is 17.3. The van der Waals surface area contributed by atoms with Gasteiger partial charge in [-0.2, -0.15) is 0 Å². The Balaban J connectivity index is 2.27. The molecular weight excluding hydrogens is 316 g/mol. The number of ether oxygens (including phenoxy) is 2. The predicted molar refractivity (Wildman–Crippen MR) is 88.2 cm³/mol. The summed E-state index contributed by atoms with van der Waals surface area (Å²) in [5.41, 5.74) is 0.881. The Kier molecular flexibility index (Phi) is 4.97. The molecule has 2 rings (SSSR count). The molecule has 0 fully saturated rings. The van der Waals surface area contributed by atoms with Crippen LogP contribution < -0.4 is 9.47 Å². The highest BCUT2D eigenvalue weighted by Crippen LogP contribution is 2.31. The van der Waals surface area contributed by atoms with Crippen molar-refractivity contribution in [3.8, 4) is 11.5 Å². The molecule has 6 heteroatoms. The van der Waals surface area contributed by atoms with E-state index in [0.717, 1.165) is 0 Å². The summed E-state index contributed by atoms with van der Waals surface area (Å²) in [6.45, 7) is 1.29. The third-order valence-corrected chi connectivity index (χ3v) is 5.91. The second-order valence-corrected chi connectivity index (χ2v) is 7.63. The molecule has 1 N–H and O–H groups in total. The second kappa shape index (κ2) is 6.60. The Morgan fingerprint density at radius 1 is 0.913 bits per heavy atom. The Labute approximate surface area is 136 Å². The van der Waals surface area contributed by atoms with Crippen molar-refractivity contribution in [1.29, 1.82) is 0 Å². The molecule has 0 aromatic heterocycles. The van der Waals surface area contributed by atoms with E-state index in [1.807, 2.05) is 0 Å². The van der Waals surface area contributed by atoms with E-state index in [-0.39, 0.29) is 5.75 Å². The van der Waals surface area contributed by atoms with E-state index in [2.05, 4.69) is 0 Å². The summed E-state index contributed by atoms with van der Waals surface area (Å²) in [5.74, 6) is 0.973. The molecule has 0 radical (unpaired) electrons. The van der Waals surface area contributed by atoms with Crippen LogP contribution in [0.1, 0.15) is 18.1 Å². The molecule has 0 spiro atoms. The highest BCUT2D eigenvalue weighted by molar-refractivity contribution is 7.91. The van der Waals surface area contributed by atoms with Gasteiger partial charge in [0, 0.05) is 0 Å². The van der Waals surface area contributed by atoms with E-state index in [4.69, 9.17) is 9.47 Å². The zero-order valence-corrected chi connectivity index (χ0v) is 14.1. The second-order valence-electron chi connectivity index (χ2n) is 5.32. The van der Waals surface area contributed by atoms with Gasteiger partial charge in [-0.1, -0.05) is 24.3 Å². The van der Waals surface area contributed by atoms with Crippen LogP contribution in [0.5, 0.6) is 11.5 Å². The van der Waals surface area contributed by atoms with Gasteiger partial charge >= 0.3 is 0 Å². The van der Waals surface area contributed by atoms with Crippen LogP contribution >= 0.6 is 0 Å². The molecule has 23 heavy (non-hydrogen) atoms. The molecular formula is C17H20O5S. The van der Waals surface area contributed by atoms with Gasteiger partial charge in [-0.05, 0) is 42.3 Å². The fourth-order valence-electron chi connectivity index (χ4n) is 2.16. The number of rotatable bonds is 6. The largest absolute Gasteiger partial charge is 0.497 e. The minimum Gasteiger partial charge on any atom is -0.497 e. The van der Waals surface area contributed by atoms with Crippen molar-refractivity contribution in [2.24, 2.45) is 0 Å². The molecule has 0 aliphatic heterocycles. The third-order valence-electron chi connectivity index (χ3n) is 3.75. The summed E-state index contributed by atoms with van der Waals surface area (Å²) in [4.78, 5) is -1.99. The number of aliphatic hydroxyl groups is 1. The number of benzene rings is 2. The highest BCUT2D eigenvalue weighted by atomic mass is 32.2. The van der Waals surface area contributed by atoms with Crippen molar-refractivity contribution >= 4 is 9.84 Å². The zero-order valence-electron chi connectivity index (χ0n) is 13.3. The van der Waals surface area contributed by atoms with Crippen molar-refractivity contribution < 1.29 is 23.0 Å². The average molecular weight is 336 g/mol. The Hall–Kier alpha value is -2.05. The standard InChI is InChI=1S/C17H20O5S/c1-17(18,14-6-10-16(22-3)11-7-14)23(19,20)12-13-4-8-15(21-2)9-5-13/h4-11,18H,12H2,1-3H3. The van der Waals surface area contributed by atoms with E-state index < -0.39 is 14.8 Å². The van der Waals surface area contributed by atoms with Gasteiger partial charge in [0.25, 0.3) is 0 Å². The zero-order chi connectivity index (χ0) is 17.1. The number of methoxy groups -OCH3 is 2. The number of hydrogen-bond donors (Lipinski definition) is 1. The van der Waals surface area contributed by atoms with E-state index in [1.165, 1.54) is 14.0 Å². The summed E-state index contributed by atoms with van der Waals surface area (Å²) in [6, 6.07) is 13.0. The molecule has 2 aromatic carbocycles. The van der Waals surface area contributed by atoms with Gasteiger partial charge in [0.05, 0.1) is 20.0 Å². The maximum absolute atomic E-state index is 12.6. The fourth-order valence-corrected chi connectivity index (χ4v) is 3.57. The Morgan fingerprint density at radius 3 is 1.78 bits per heavy atom. The molecule has 1 atom stereocenters. The van der Waals surface area contributed by atoms with Gasteiger partial charge in [0.1, 0.15) is 11.5 Å². The van der Waals surface area contributed by atoms with Crippen LogP contribution in [0.2, 0.25) is 0 Å². The van der Waals surface area contributed by atoms with Crippen molar-refractivity contribution in [3.05, 3.63) is 59.7 Å². The van der Waals surface area contributed by atoms with E-state index in [1.54, 1.807) is 55.6 Å². The highest BCUT2D eigenvalue weighted by Gasteiger charge is 2.38. The number of hydrogen-bond acceptors (Lipinski definition) is 5. The van der Waals surface area contributed by atoms with Gasteiger partial charge in [-0.15, -0.1) is 0 Å². The molecule has 0 aliphatic rings. The first-order chi connectivity index (χ1) is 10.8. The molecule has 2 aromatic rings. The molecule has 0 bridgehead atoms. The summed E-state index contributed by atoms with van der Waals surface area (Å²) >= 11 is 0. The van der Waals surface area contributed by atoms with Crippen LogP contribution in [0.3, 0.4) is 0 Å². The van der Waals surface area contributed by atoms with Crippen molar-refractivity contribution in [2.45, 2.75) is 17.6 Å². The number of sulfone groups is 1. The quantitative estimate of drug-likeness (QED) is 0.877. The van der Waals surface area contributed by atoms with Gasteiger partial charge < -0.3 is 14.6 Å². The lowest BCUT2D eigenvalue weighted by Gasteiger charge is -2.24. The van der Waals surface area contributed by atoms with Crippen LogP contribution in [0.15, 0.2) is 48.5 Å². The van der Waals surface area contributed by atoms with Gasteiger partial charge in [0.2, 0.25) is 0 Å². The van der Waals surface area contributed by atoms with Gasteiger partial charge in [0.15, 0.2) is 14.8 Å². The van der Waals surface area contributed by atoms with Crippen molar-refractivity contribution in [3.63, 3.8) is 0 Å². The molecule has 0 amide bonds. The molecule has 124 valence electrons. The topological polar surface area (TPSA) is 72.8 Å². The minimum absolute atomic E-state index is 0.268. The van der Waals surface area contributed by atoms with Gasteiger partial charge in [-0.3, -0.25) is 0 Å². The van der Waals surface area contributed by atoms with E-state index >= 15 is 0 Å². The monoisotopic (exact) mass is 336 g/mol. The molecule has 0 saturated heterocycles. The Morgan fingerprint density at radius 2 is 1.35 bits per heavy atom. The lowest BCUT2D eigenvalue weighted by Crippen LogP contribution is -2.33. The van der Waals surface area contributed by atoms with Crippen LogP contribution in [0.25, 0.3) is 0 Å². The van der Waals surface area contributed by atoms with Crippen molar-refractivity contribution in [1.82, 2.24) is 0 Å². The van der Waals surface area contributed by atoms with E-state index in [9.17, 15) is 13.5 Å². The van der Waals surface area contributed by atoms with Crippen LogP contribution in [0, 0.1) is 0 Å². The predicted octanol–water partition coefficient (Wildman–Crippen LogP) is 2.48. The molecule has 5 nitrogen and oxygen atoms in total. The normalized spacial score (nSPS) is 14.1. The summed E-state index contributed by atoms with van der Waals surface area (Å²) in [5, 5.41) is 10.6. The first-order valence-corrected chi connectivity index (χ1v) is 8.67. The maximum atomic E-state index is 12.6. The fraction of sp³-hybridized carbons (Fsp3) is 0.294. The first-order valence-electron chi connectivity index (χ1n) is 7.02. The molecule has 1 unspecified atom stereocenters. The van der Waals surface area contributed by atoms with Gasteiger partial charge in [-0.25, -0.2) is 8.42 Å². The SMILES string of the molecule is COc1ccc(CS(=O)(=O)C(C)(O)c2ccc(OC)cc2)cc1. The average Bonchev–Trinajstić information content (AvgIpc) is 2.55. The lowest BCUT2D eigenvalue weighted by molar-refractivity contribution is 0.144. The molecule has 0 aliphatic carbocycles. The minimum atomic E-state index is -3.83. The smallest absolute Gasteiger partial charge is 0.189 e. The lowest BCUT2D eigenvalue weighted by atomic mass is 10.1. The Bertz CT molecular complexity index is 747. The molecule has 0 saturated carbocycles. The maximum Gasteiger partial charge on any atom is 0.189 e. The summed E-state index contributed by atoms with van der Waals surface area (Å²) in [7, 11) is -0.768. The summed E-state index contributed by atoms with van der Waals surface area (Å²) in [6.07, 6.45) is 0. The van der Waals surface area contributed by atoms with Crippen LogP contribution in [-0.4, -0.2) is 27.7 Å². The third kappa shape index (κ3) is 3.65.